The second kappa shape index (κ2) is 11.9. The summed E-state index contributed by atoms with van der Waals surface area (Å²) in [6, 6.07) is 17.6. The number of benzene rings is 3. The van der Waals surface area contributed by atoms with E-state index in [1.54, 1.807) is 95.1 Å². The van der Waals surface area contributed by atoms with E-state index in [0.29, 0.717) is 33.8 Å². The van der Waals surface area contributed by atoms with Crippen LogP contribution in [0.4, 0.5) is 26.3 Å². The summed E-state index contributed by atoms with van der Waals surface area (Å²) in [6.45, 7) is 0. The van der Waals surface area contributed by atoms with Gasteiger partial charge in [0.2, 0.25) is 0 Å². The third-order valence-corrected chi connectivity index (χ3v) is 10.4. The Labute approximate surface area is 309 Å². The fourth-order valence-corrected chi connectivity index (χ4v) is 8.13. The quantitative estimate of drug-likeness (QED) is 0.166. The predicted molar refractivity (Wildman–Crippen MR) is 198 cm³/mol. The van der Waals surface area contributed by atoms with Gasteiger partial charge in [-0.05, 0) is 59.7 Å². The van der Waals surface area contributed by atoms with Crippen LogP contribution in [0.3, 0.4) is 0 Å². The molecule has 15 heteroatoms. The molecule has 55 heavy (non-hydrogen) atoms. The summed E-state index contributed by atoms with van der Waals surface area (Å²) >= 11 is 0.711. The number of fused-ring (bicyclic) bond motifs is 7. The van der Waals surface area contributed by atoms with E-state index in [4.69, 9.17) is 0 Å². The fourth-order valence-electron chi connectivity index (χ4n) is 7.56. The van der Waals surface area contributed by atoms with Crippen molar-refractivity contribution < 1.29 is 26.3 Å². The first-order valence-corrected chi connectivity index (χ1v) is 17.4. The Balaban J connectivity index is 1.14. The molecule has 0 unspecified atom stereocenters. The van der Waals surface area contributed by atoms with E-state index >= 15 is 0 Å². The van der Waals surface area contributed by atoms with E-state index in [9.17, 15) is 26.3 Å². The van der Waals surface area contributed by atoms with Crippen molar-refractivity contribution in [1.82, 2.24) is 37.8 Å². The molecule has 0 aliphatic heterocycles. The predicted octanol–water partition coefficient (Wildman–Crippen LogP) is 10.8. The molecule has 7 aromatic heterocycles. The van der Waals surface area contributed by atoms with Gasteiger partial charge in [0.25, 0.3) is 0 Å². The maximum absolute atomic E-state index is 15.0. The summed E-state index contributed by atoms with van der Waals surface area (Å²) in [7, 11) is 0. The first kappa shape index (κ1) is 32.9. The van der Waals surface area contributed by atoms with Crippen molar-refractivity contribution in [2.75, 3.05) is 0 Å². The average molecular weight is 759 g/mol. The number of halogens is 6. The summed E-state index contributed by atoms with van der Waals surface area (Å²) in [5.41, 5.74) is 1.10. The molecule has 7 heterocycles. The Hall–Kier alpha value is -6.74. The lowest BCUT2D eigenvalue weighted by molar-refractivity contribution is -0.137. The van der Waals surface area contributed by atoms with Crippen LogP contribution in [0, 0.1) is 0 Å². The third-order valence-electron chi connectivity index (χ3n) is 9.87. The normalized spacial score (nSPS) is 12.5. The number of pyridine rings is 4. The number of alkyl halides is 6. The maximum Gasteiger partial charge on any atom is 0.417 e. The van der Waals surface area contributed by atoms with Gasteiger partial charge in [0.1, 0.15) is 11.0 Å². The number of rotatable bonds is 4. The summed E-state index contributed by atoms with van der Waals surface area (Å²) in [4.78, 5) is 16.8. The highest BCUT2D eigenvalue weighted by atomic mass is 32.1. The molecule has 0 aliphatic carbocycles. The van der Waals surface area contributed by atoms with E-state index in [1.807, 2.05) is 0 Å². The van der Waals surface area contributed by atoms with Crippen molar-refractivity contribution in [2.24, 2.45) is 0 Å². The first-order chi connectivity index (χ1) is 26.6. The van der Waals surface area contributed by atoms with E-state index in [0.717, 1.165) is 33.7 Å². The maximum atomic E-state index is 15.0. The molecule has 0 radical (unpaired) electrons. The third kappa shape index (κ3) is 5.06. The number of nitrogens with zero attached hydrogens (tertiary/aromatic N) is 8. The van der Waals surface area contributed by atoms with Crippen molar-refractivity contribution in [3.05, 3.63) is 133 Å². The molecule has 0 aliphatic rings. The van der Waals surface area contributed by atoms with Crippen LogP contribution in [0.25, 0.3) is 88.3 Å². The Bertz CT molecular complexity index is 2850. The van der Waals surface area contributed by atoms with Crippen LogP contribution in [-0.4, -0.2) is 37.8 Å². The van der Waals surface area contributed by atoms with Gasteiger partial charge in [0.15, 0.2) is 0 Å². The summed E-state index contributed by atoms with van der Waals surface area (Å²) < 4.78 is 102. The topological polar surface area (TPSA) is 87.2 Å². The molecule has 0 spiro atoms. The SMILES string of the molecule is FC(F)(F)c1cc(-n2c3ccncc3c3cnccc32)ccc1-c1ccc(-c2ccc(-n3c4ccncc4c4cnccc43)cc2C(F)(F)F)c2nsnc12. The molecule has 0 bridgehead atoms. The highest BCUT2D eigenvalue weighted by Crippen LogP contribution is 2.46. The van der Waals surface area contributed by atoms with Crippen LogP contribution in [0.15, 0.2) is 122 Å². The Kier molecular flexibility index (Phi) is 7.10. The Morgan fingerprint density at radius 3 is 1.07 bits per heavy atom. The molecule has 3 aromatic carbocycles. The smallest absolute Gasteiger partial charge is 0.309 e. The molecule has 0 N–H and O–H groups in total. The van der Waals surface area contributed by atoms with Gasteiger partial charge in [-0.2, -0.15) is 35.1 Å². The Morgan fingerprint density at radius 2 is 0.745 bits per heavy atom. The average Bonchev–Trinajstić information content (AvgIpc) is 3.90. The van der Waals surface area contributed by atoms with Crippen LogP contribution in [0.2, 0.25) is 0 Å². The fraction of sp³-hybridized carbons (Fsp3) is 0.0500. The molecular weight excluding hydrogens is 739 g/mol. The molecule has 0 amide bonds. The van der Waals surface area contributed by atoms with E-state index < -0.39 is 23.5 Å². The van der Waals surface area contributed by atoms with Crippen molar-refractivity contribution in [2.45, 2.75) is 12.4 Å². The molecule has 268 valence electrons. The zero-order chi connectivity index (χ0) is 37.6. The number of hydrogen-bond acceptors (Lipinski definition) is 7. The lowest BCUT2D eigenvalue weighted by atomic mass is 9.92. The molecular formula is C40H20F6N8S. The molecule has 0 saturated carbocycles. The Morgan fingerprint density at radius 1 is 0.418 bits per heavy atom. The van der Waals surface area contributed by atoms with Crippen molar-refractivity contribution in [1.29, 1.82) is 0 Å². The highest BCUT2D eigenvalue weighted by molar-refractivity contribution is 7.00. The highest BCUT2D eigenvalue weighted by Gasteiger charge is 2.37. The summed E-state index contributed by atoms with van der Waals surface area (Å²) in [5.74, 6) is 0. The summed E-state index contributed by atoms with van der Waals surface area (Å²) in [6.07, 6.45) is 3.20. The summed E-state index contributed by atoms with van der Waals surface area (Å²) in [5, 5.41) is 2.91. The van der Waals surface area contributed by atoms with Crippen molar-refractivity contribution >= 4 is 66.4 Å². The minimum atomic E-state index is -4.81. The van der Waals surface area contributed by atoms with Crippen LogP contribution in [0.1, 0.15) is 11.1 Å². The van der Waals surface area contributed by atoms with Gasteiger partial charge in [-0.15, -0.1) is 0 Å². The van der Waals surface area contributed by atoms with Crippen molar-refractivity contribution in [3.63, 3.8) is 0 Å². The van der Waals surface area contributed by atoms with E-state index in [2.05, 4.69) is 28.7 Å². The molecule has 0 fully saturated rings. The van der Waals surface area contributed by atoms with Gasteiger partial charge in [-0.3, -0.25) is 19.9 Å². The van der Waals surface area contributed by atoms with Crippen molar-refractivity contribution in [3.8, 4) is 33.6 Å². The largest absolute Gasteiger partial charge is 0.417 e. The molecule has 8 nitrogen and oxygen atoms in total. The zero-order valence-corrected chi connectivity index (χ0v) is 28.6. The molecule has 10 aromatic rings. The molecule has 0 saturated heterocycles. The van der Waals surface area contributed by atoms with Crippen LogP contribution >= 0.6 is 11.7 Å². The van der Waals surface area contributed by atoms with Gasteiger partial charge >= 0.3 is 12.4 Å². The number of hydrogen-bond donors (Lipinski definition) is 0. The second-order valence-corrected chi connectivity index (χ2v) is 13.3. The first-order valence-electron chi connectivity index (χ1n) is 16.6. The van der Waals surface area contributed by atoms with Gasteiger partial charge < -0.3 is 9.13 Å². The van der Waals surface area contributed by atoms with E-state index in [-0.39, 0.29) is 44.7 Å². The number of aromatic nitrogens is 8. The van der Waals surface area contributed by atoms with Crippen LogP contribution < -0.4 is 0 Å². The van der Waals surface area contributed by atoms with E-state index in [1.165, 1.54) is 24.3 Å². The van der Waals surface area contributed by atoms with Gasteiger partial charge in [0, 0.05) is 93.6 Å². The van der Waals surface area contributed by atoms with Crippen LogP contribution in [-0.2, 0) is 12.4 Å². The second-order valence-electron chi connectivity index (χ2n) is 12.8. The molecule has 0 atom stereocenters. The van der Waals surface area contributed by atoms with Gasteiger partial charge in [-0.1, -0.05) is 24.3 Å². The minimum absolute atomic E-state index is 0.0503. The monoisotopic (exact) mass is 758 g/mol. The standard InChI is InChI=1S/C40H20F6N8S/c41-39(42,43)31-15-21(53-33-7-11-47-17-27(33)28-18-48-12-8-34(28)53)1-3-23(31)25-5-6-26(38-37(25)51-55-52-38)24-4-2-22(16-32(24)40(44,45)46)54-35-9-13-49-19-29(35)30-20-50-14-10-36(30)54/h1-20H. The lowest BCUT2D eigenvalue weighted by Crippen LogP contribution is -2.10. The van der Waals surface area contributed by atoms with Gasteiger partial charge in [0.05, 0.1) is 44.9 Å². The minimum Gasteiger partial charge on any atom is -0.309 e. The lowest BCUT2D eigenvalue weighted by Gasteiger charge is -2.18. The van der Waals surface area contributed by atoms with Gasteiger partial charge in [-0.25, -0.2) is 0 Å². The molecule has 10 rings (SSSR count). The zero-order valence-electron chi connectivity index (χ0n) is 27.8. The van der Waals surface area contributed by atoms with Crippen LogP contribution in [0.5, 0.6) is 0 Å².